The van der Waals surface area contributed by atoms with Gasteiger partial charge >= 0.3 is 0 Å². The van der Waals surface area contributed by atoms with Gasteiger partial charge in [0.25, 0.3) is 0 Å². The number of imidazole rings is 1. The molecule has 0 aliphatic carbocycles. The molecule has 0 bridgehead atoms. The van der Waals surface area contributed by atoms with Gasteiger partial charge in [-0.2, -0.15) is 0 Å². The van der Waals surface area contributed by atoms with E-state index in [0.717, 1.165) is 18.7 Å². The molecule has 106 valence electrons. The van der Waals surface area contributed by atoms with Gasteiger partial charge in [-0.3, -0.25) is 4.79 Å². The third-order valence-electron chi connectivity index (χ3n) is 3.53. The highest BCUT2D eigenvalue weighted by Crippen LogP contribution is 2.25. The molecule has 1 aromatic heterocycles. The van der Waals surface area contributed by atoms with Crippen LogP contribution in [-0.4, -0.2) is 26.9 Å². The molecule has 1 aliphatic heterocycles. The maximum atomic E-state index is 12.3. The van der Waals surface area contributed by atoms with E-state index in [-0.39, 0.29) is 11.3 Å². The Labute approximate surface area is 115 Å². The second-order valence-corrected chi connectivity index (χ2v) is 6.94. The van der Waals surface area contributed by atoms with Crippen LogP contribution in [0.15, 0.2) is 6.33 Å². The summed E-state index contributed by atoms with van der Waals surface area (Å²) in [5.74, 6) is 0.259. The average Bonchev–Trinajstić information content (AvgIpc) is 2.68. The van der Waals surface area contributed by atoms with E-state index in [9.17, 15) is 4.79 Å². The van der Waals surface area contributed by atoms with Crippen LogP contribution in [0, 0.1) is 5.41 Å². The Morgan fingerprint density at radius 1 is 1.42 bits per heavy atom. The molecule has 4 heteroatoms. The van der Waals surface area contributed by atoms with Crippen LogP contribution >= 0.6 is 0 Å². The Morgan fingerprint density at radius 2 is 2.11 bits per heavy atom. The van der Waals surface area contributed by atoms with E-state index < -0.39 is 0 Å². The third kappa shape index (κ3) is 3.17. The molecule has 0 fully saturated rings. The van der Waals surface area contributed by atoms with Crippen LogP contribution in [0.4, 0.5) is 0 Å². The van der Waals surface area contributed by atoms with Crippen LogP contribution in [0.3, 0.4) is 0 Å². The van der Waals surface area contributed by atoms with Crippen molar-refractivity contribution in [3.8, 4) is 0 Å². The minimum Gasteiger partial charge on any atom is -0.336 e. The van der Waals surface area contributed by atoms with Gasteiger partial charge in [0, 0.05) is 25.4 Å². The predicted octanol–water partition coefficient (Wildman–Crippen LogP) is 2.78. The fraction of sp³-hybridized carbons (Fsp3) is 0.733. The van der Waals surface area contributed by atoms with Gasteiger partial charge < -0.3 is 9.47 Å². The minimum absolute atomic E-state index is 0.0512. The van der Waals surface area contributed by atoms with Crippen LogP contribution in [0.5, 0.6) is 0 Å². The van der Waals surface area contributed by atoms with Crippen LogP contribution in [0.1, 0.15) is 58.5 Å². The van der Waals surface area contributed by atoms with Crippen LogP contribution in [-0.2, 0) is 17.8 Å². The van der Waals surface area contributed by atoms with E-state index in [1.54, 1.807) is 0 Å². The number of nitrogens with zero attached hydrogens (tertiary/aromatic N) is 3. The van der Waals surface area contributed by atoms with E-state index in [0.29, 0.717) is 19.0 Å². The lowest BCUT2D eigenvalue weighted by Crippen LogP contribution is -2.38. The highest BCUT2D eigenvalue weighted by molar-refractivity contribution is 5.77. The topological polar surface area (TPSA) is 38.1 Å². The molecule has 1 aromatic rings. The molecule has 19 heavy (non-hydrogen) atoms. The number of hydrogen-bond donors (Lipinski definition) is 0. The van der Waals surface area contributed by atoms with Crippen molar-refractivity contribution < 1.29 is 4.79 Å². The van der Waals surface area contributed by atoms with Gasteiger partial charge in [0.15, 0.2) is 0 Å². The number of fused-ring (bicyclic) bond motifs is 1. The van der Waals surface area contributed by atoms with Gasteiger partial charge in [0.05, 0.1) is 24.3 Å². The summed E-state index contributed by atoms with van der Waals surface area (Å²) in [6.07, 6.45) is 3.40. The lowest BCUT2D eigenvalue weighted by atomic mass is 9.91. The molecule has 0 radical (unpaired) electrons. The molecule has 2 heterocycles. The number of carbonyl (C=O) groups is 1. The van der Waals surface area contributed by atoms with E-state index in [1.165, 1.54) is 5.69 Å². The van der Waals surface area contributed by atoms with Crippen LogP contribution in [0.2, 0.25) is 0 Å². The number of amides is 1. The smallest absolute Gasteiger partial charge is 0.223 e. The van der Waals surface area contributed by atoms with Crippen molar-refractivity contribution in [3.63, 3.8) is 0 Å². The normalized spacial score (nSPS) is 15.8. The molecule has 4 nitrogen and oxygen atoms in total. The molecule has 1 amide bonds. The molecular weight excluding hydrogens is 238 g/mol. The first-order valence-electron chi connectivity index (χ1n) is 7.10. The van der Waals surface area contributed by atoms with Crippen molar-refractivity contribution in [2.75, 3.05) is 6.54 Å². The SMILES string of the molecule is CC(C)n1cnc2c1CN(C(=O)CC(C)(C)C)CC2. The molecule has 0 spiro atoms. The maximum absolute atomic E-state index is 12.3. The van der Waals surface area contributed by atoms with Crippen molar-refractivity contribution >= 4 is 5.91 Å². The molecule has 2 rings (SSSR count). The standard InChI is InChI=1S/C15H25N3O/c1-11(2)18-10-16-12-6-7-17(9-13(12)18)14(19)8-15(3,4)5/h10-11H,6-9H2,1-5H3. The van der Waals surface area contributed by atoms with Crippen LogP contribution in [0.25, 0.3) is 0 Å². The average molecular weight is 263 g/mol. The molecule has 1 aliphatic rings. The first-order valence-corrected chi connectivity index (χ1v) is 7.10. The number of rotatable bonds is 2. The Hall–Kier alpha value is -1.32. The van der Waals surface area contributed by atoms with Crippen molar-refractivity contribution in [2.24, 2.45) is 5.41 Å². The lowest BCUT2D eigenvalue weighted by molar-refractivity contribution is -0.134. The molecule has 0 aromatic carbocycles. The molecule has 0 unspecified atom stereocenters. The summed E-state index contributed by atoms with van der Waals surface area (Å²) in [5.41, 5.74) is 2.42. The third-order valence-corrected chi connectivity index (χ3v) is 3.53. The van der Waals surface area contributed by atoms with Crippen molar-refractivity contribution in [2.45, 2.75) is 60.0 Å². The van der Waals surface area contributed by atoms with Crippen molar-refractivity contribution in [1.82, 2.24) is 14.5 Å². The maximum Gasteiger partial charge on any atom is 0.223 e. The number of carbonyl (C=O) groups excluding carboxylic acids is 1. The lowest BCUT2D eigenvalue weighted by Gasteiger charge is -2.30. The fourth-order valence-corrected chi connectivity index (χ4v) is 2.53. The van der Waals surface area contributed by atoms with E-state index in [4.69, 9.17) is 0 Å². The second-order valence-electron chi connectivity index (χ2n) is 6.94. The Balaban J connectivity index is 2.13. The Kier molecular flexibility index (Phi) is 3.70. The minimum atomic E-state index is 0.0512. The summed E-state index contributed by atoms with van der Waals surface area (Å²) in [5, 5.41) is 0. The van der Waals surface area contributed by atoms with Crippen molar-refractivity contribution in [1.29, 1.82) is 0 Å². The largest absolute Gasteiger partial charge is 0.336 e. The zero-order valence-corrected chi connectivity index (χ0v) is 12.7. The Morgan fingerprint density at radius 3 is 2.68 bits per heavy atom. The molecule has 0 N–H and O–H groups in total. The molecule has 0 saturated carbocycles. The van der Waals surface area contributed by atoms with Gasteiger partial charge in [-0.15, -0.1) is 0 Å². The molecular formula is C15H25N3O. The first kappa shape index (κ1) is 14.1. The van der Waals surface area contributed by atoms with Gasteiger partial charge in [0.2, 0.25) is 5.91 Å². The zero-order valence-electron chi connectivity index (χ0n) is 12.7. The summed E-state index contributed by atoms with van der Waals surface area (Å²) >= 11 is 0. The van der Waals surface area contributed by atoms with E-state index in [1.807, 2.05) is 11.2 Å². The fourth-order valence-electron chi connectivity index (χ4n) is 2.53. The van der Waals surface area contributed by atoms with Gasteiger partial charge in [-0.05, 0) is 19.3 Å². The highest BCUT2D eigenvalue weighted by atomic mass is 16.2. The summed E-state index contributed by atoms with van der Waals surface area (Å²) in [6, 6.07) is 0.397. The monoisotopic (exact) mass is 263 g/mol. The second kappa shape index (κ2) is 4.99. The van der Waals surface area contributed by atoms with Gasteiger partial charge in [-0.25, -0.2) is 4.98 Å². The number of hydrogen-bond acceptors (Lipinski definition) is 2. The molecule has 0 saturated heterocycles. The summed E-state index contributed by atoms with van der Waals surface area (Å²) in [7, 11) is 0. The van der Waals surface area contributed by atoms with Gasteiger partial charge in [0.1, 0.15) is 0 Å². The quantitative estimate of drug-likeness (QED) is 0.823. The first-order chi connectivity index (χ1) is 8.78. The van der Waals surface area contributed by atoms with Gasteiger partial charge in [-0.1, -0.05) is 20.8 Å². The summed E-state index contributed by atoms with van der Waals surface area (Å²) in [4.78, 5) is 18.8. The zero-order chi connectivity index (χ0) is 14.2. The highest BCUT2D eigenvalue weighted by Gasteiger charge is 2.27. The summed E-state index contributed by atoms with van der Waals surface area (Å²) < 4.78 is 2.19. The van der Waals surface area contributed by atoms with E-state index >= 15 is 0 Å². The summed E-state index contributed by atoms with van der Waals surface area (Å²) in [6.45, 7) is 12.1. The van der Waals surface area contributed by atoms with E-state index in [2.05, 4.69) is 44.2 Å². The molecule has 0 atom stereocenters. The van der Waals surface area contributed by atoms with Crippen molar-refractivity contribution in [3.05, 3.63) is 17.7 Å². The Bertz CT molecular complexity index is 468. The van der Waals surface area contributed by atoms with Crippen LogP contribution < -0.4 is 0 Å². The number of aromatic nitrogens is 2. The predicted molar refractivity (Wildman–Crippen MR) is 75.8 cm³/mol.